The Morgan fingerprint density at radius 3 is 2.67 bits per heavy atom. The number of hydrogen-bond donors (Lipinski definition) is 1. The average Bonchev–Trinajstić information content (AvgIpc) is 2.16. The van der Waals surface area contributed by atoms with Crippen LogP contribution in [0.1, 0.15) is 0 Å². The molecule has 0 bridgehead atoms. The Hall–Kier alpha value is -1.53. The van der Waals surface area contributed by atoms with Gasteiger partial charge < -0.3 is 0 Å². The zero-order valence-electron chi connectivity index (χ0n) is 6.16. The van der Waals surface area contributed by atoms with Gasteiger partial charge in [0.15, 0.2) is 0 Å². The van der Waals surface area contributed by atoms with Crippen LogP contribution in [0.4, 0.5) is 5.69 Å². The fourth-order valence-electron chi connectivity index (χ4n) is 0.651. The Morgan fingerprint density at radius 1 is 1.42 bits per heavy atom. The van der Waals surface area contributed by atoms with Gasteiger partial charge >= 0.3 is 0 Å². The van der Waals surface area contributed by atoms with Gasteiger partial charge in [-0.2, -0.15) is 10.4 Å². The van der Waals surface area contributed by atoms with E-state index in [-0.39, 0.29) is 5.17 Å². The number of nitrogens with one attached hydrogen (secondary N) is 1. The fraction of sp³-hybridized carbons (Fsp3) is 0. The number of halogens is 1. The van der Waals surface area contributed by atoms with E-state index in [1.165, 1.54) is 0 Å². The van der Waals surface area contributed by atoms with Crippen molar-refractivity contribution in [1.82, 2.24) is 0 Å². The molecule has 1 rings (SSSR count). The van der Waals surface area contributed by atoms with Gasteiger partial charge in [0.2, 0.25) is 5.17 Å². The molecule has 1 aromatic rings. The van der Waals surface area contributed by atoms with Crippen molar-refractivity contribution in [1.29, 1.82) is 5.26 Å². The van der Waals surface area contributed by atoms with Gasteiger partial charge in [-0.25, -0.2) is 0 Å². The van der Waals surface area contributed by atoms with Gasteiger partial charge in [0.05, 0.1) is 5.69 Å². The van der Waals surface area contributed by atoms with Gasteiger partial charge in [-0.1, -0.05) is 18.2 Å². The van der Waals surface area contributed by atoms with Gasteiger partial charge in [-0.05, 0) is 23.7 Å². The number of hydrogen-bond acceptors (Lipinski definition) is 3. The summed E-state index contributed by atoms with van der Waals surface area (Å²) in [7, 11) is 0. The number of anilines is 1. The lowest BCUT2D eigenvalue weighted by molar-refractivity contribution is 1.35. The smallest absolute Gasteiger partial charge is 0.226 e. The van der Waals surface area contributed by atoms with Crippen molar-refractivity contribution in [3.05, 3.63) is 30.3 Å². The second-order valence-electron chi connectivity index (χ2n) is 1.99. The van der Waals surface area contributed by atoms with Crippen molar-refractivity contribution in [2.45, 2.75) is 0 Å². The van der Waals surface area contributed by atoms with Crippen molar-refractivity contribution in [3.8, 4) is 6.07 Å². The van der Waals surface area contributed by atoms with Gasteiger partial charge in [0.1, 0.15) is 6.07 Å². The van der Waals surface area contributed by atoms with E-state index in [0.717, 1.165) is 5.69 Å². The van der Waals surface area contributed by atoms with Crippen LogP contribution in [0.25, 0.3) is 0 Å². The molecule has 1 aromatic carbocycles. The summed E-state index contributed by atoms with van der Waals surface area (Å²) in [5.41, 5.74) is 3.43. The molecule has 0 saturated carbocycles. The Kier molecular flexibility index (Phi) is 3.12. The van der Waals surface area contributed by atoms with Crippen molar-refractivity contribution in [3.63, 3.8) is 0 Å². The van der Waals surface area contributed by atoms with E-state index < -0.39 is 0 Å². The molecule has 1 N–H and O–H groups in total. The Bertz CT molecular complexity index is 313. The third-order valence-corrected chi connectivity index (χ3v) is 1.32. The maximum atomic E-state index is 8.26. The Labute approximate surface area is 75.3 Å². The van der Waals surface area contributed by atoms with Crippen LogP contribution in [0.2, 0.25) is 0 Å². The summed E-state index contributed by atoms with van der Waals surface area (Å²) in [6.07, 6.45) is 0. The third kappa shape index (κ3) is 2.60. The highest BCUT2D eigenvalue weighted by Gasteiger charge is 1.88. The van der Waals surface area contributed by atoms with Crippen molar-refractivity contribution in [2.75, 3.05) is 5.43 Å². The Balaban J connectivity index is 2.61. The molecule has 0 fully saturated rings. The van der Waals surface area contributed by atoms with Gasteiger partial charge in [0.25, 0.3) is 0 Å². The number of nitriles is 1. The number of para-hydroxylation sites is 1. The summed E-state index contributed by atoms with van der Waals surface area (Å²) < 4.78 is 0. The number of benzene rings is 1. The maximum absolute atomic E-state index is 8.26. The first-order chi connectivity index (χ1) is 5.83. The highest BCUT2D eigenvalue weighted by molar-refractivity contribution is 6.69. The first-order valence-electron chi connectivity index (χ1n) is 3.27. The normalized spacial score (nSPS) is 10.5. The highest BCUT2D eigenvalue weighted by atomic mass is 35.5. The molecule has 0 radical (unpaired) electrons. The molecule has 0 atom stereocenters. The molecule has 0 spiro atoms. The van der Waals surface area contributed by atoms with E-state index in [1.807, 2.05) is 30.3 Å². The number of hydrazone groups is 1. The zero-order chi connectivity index (χ0) is 8.81. The van der Waals surface area contributed by atoms with Crippen molar-refractivity contribution in [2.24, 2.45) is 5.10 Å². The predicted molar refractivity (Wildman–Crippen MR) is 49.0 cm³/mol. The van der Waals surface area contributed by atoms with E-state index in [0.29, 0.717) is 0 Å². The Morgan fingerprint density at radius 2 is 2.08 bits per heavy atom. The van der Waals surface area contributed by atoms with Crippen LogP contribution in [0.15, 0.2) is 35.4 Å². The summed E-state index contributed by atoms with van der Waals surface area (Å²) in [6, 6.07) is 10.9. The van der Waals surface area contributed by atoms with Gasteiger partial charge in [-0.15, -0.1) is 0 Å². The summed E-state index contributed by atoms with van der Waals surface area (Å²) in [4.78, 5) is 0. The second kappa shape index (κ2) is 4.37. The quantitative estimate of drug-likeness (QED) is 0.559. The molecule has 0 aliphatic carbocycles. The lowest BCUT2D eigenvalue weighted by Gasteiger charge is -1.96. The molecular weight excluding hydrogens is 174 g/mol. The van der Waals surface area contributed by atoms with Crippen LogP contribution in [-0.4, -0.2) is 5.17 Å². The topological polar surface area (TPSA) is 48.2 Å². The molecule has 3 nitrogen and oxygen atoms in total. The zero-order valence-corrected chi connectivity index (χ0v) is 6.92. The van der Waals surface area contributed by atoms with Crippen molar-refractivity contribution >= 4 is 22.5 Å². The maximum Gasteiger partial charge on any atom is 0.226 e. The molecule has 0 aliphatic rings. The van der Waals surface area contributed by atoms with E-state index in [1.54, 1.807) is 6.07 Å². The largest absolute Gasteiger partial charge is 0.276 e. The van der Waals surface area contributed by atoms with Crippen LogP contribution in [0, 0.1) is 11.3 Å². The highest BCUT2D eigenvalue weighted by Crippen LogP contribution is 2.04. The standard InChI is InChI=1S/C8H6ClN3/c9-8(6-10)12-11-7-4-2-1-3-5-7/h1-5,11H/b12-8+. The van der Waals surface area contributed by atoms with Gasteiger partial charge in [0, 0.05) is 0 Å². The van der Waals surface area contributed by atoms with Crippen LogP contribution in [-0.2, 0) is 0 Å². The van der Waals surface area contributed by atoms with E-state index in [9.17, 15) is 0 Å². The first kappa shape index (κ1) is 8.57. The molecule has 60 valence electrons. The van der Waals surface area contributed by atoms with Crippen LogP contribution >= 0.6 is 11.6 Å². The minimum absolute atomic E-state index is 0.112. The molecule has 0 aromatic heterocycles. The van der Waals surface area contributed by atoms with Crippen LogP contribution < -0.4 is 5.43 Å². The van der Waals surface area contributed by atoms with E-state index >= 15 is 0 Å². The second-order valence-corrected chi connectivity index (χ2v) is 2.35. The summed E-state index contributed by atoms with van der Waals surface area (Å²) in [5.74, 6) is 0. The molecule has 0 amide bonds. The lowest BCUT2D eigenvalue weighted by Crippen LogP contribution is -1.91. The average molecular weight is 180 g/mol. The molecule has 0 aliphatic heterocycles. The minimum atomic E-state index is -0.112. The molecule has 0 unspecified atom stereocenters. The van der Waals surface area contributed by atoms with Crippen LogP contribution in [0.3, 0.4) is 0 Å². The first-order valence-corrected chi connectivity index (χ1v) is 3.65. The fourth-order valence-corrected chi connectivity index (χ4v) is 0.694. The van der Waals surface area contributed by atoms with Crippen molar-refractivity contribution < 1.29 is 0 Å². The van der Waals surface area contributed by atoms with Crippen LogP contribution in [0.5, 0.6) is 0 Å². The lowest BCUT2D eigenvalue weighted by atomic mass is 10.3. The number of nitrogens with zero attached hydrogens (tertiary/aromatic N) is 2. The van der Waals surface area contributed by atoms with Gasteiger partial charge in [-0.3, -0.25) is 5.43 Å². The molecule has 0 heterocycles. The monoisotopic (exact) mass is 179 g/mol. The molecule has 4 heteroatoms. The minimum Gasteiger partial charge on any atom is -0.276 e. The third-order valence-electron chi connectivity index (χ3n) is 1.15. The van der Waals surface area contributed by atoms with E-state index in [2.05, 4.69) is 10.5 Å². The molecule has 12 heavy (non-hydrogen) atoms. The van der Waals surface area contributed by atoms with E-state index in [4.69, 9.17) is 16.9 Å². The molecule has 0 saturated heterocycles. The SMILES string of the molecule is N#C/C(Cl)=N\Nc1ccccc1. The molecular formula is C8H6ClN3. The predicted octanol–water partition coefficient (Wildman–Crippen LogP) is 2.17. The summed E-state index contributed by atoms with van der Waals surface area (Å²) in [5, 5.41) is 11.7. The summed E-state index contributed by atoms with van der Waals surface area (Å²) >= 11 is 5.34. The number of rotatable bonds is 2. The summed E-state index contributed by atoms with van der Waals surface area (Å²) in [6.45, 7) is 0.